The number of hydrogen-bond donors (Lipinski definition) is 1. The van der Waals surface area contributed by atoms with Gasteiger partial charge in [0.15, 0.2) is 0 Å². The molecule has 1 amide bonds. The number of carbonyl (C=O) groups is 2. The van der Waals surface area contributed by atoms with Gasteiger partial charge in [-0.1, -0.05) is 24.3 Å². The Morgan fingerprint density at radius 2 is 1.90 bits per heavy atom. The van der Waals surface area contributed by atoms with Crippen LogP contribution in [0.3, 0.4) is 0 Å². The lowest BCUT2D eigenvalue weighted by Crippen LogP contribution is -2.40. The van der Waals surface area contributed by atoms with Crippen molar-refractivity contribution in [3.05, 3.63) is 41.7 Å². The van der Waals surface area contributed by atoms with Crippen LogP contribution in [0, 0.1) is 5.82 Å². The van der Waals surface area contributed by atoms with Crippen LogP contribution in [-0.2, 0) is 9.59 Å². The molecule has 0 saturated heterocycles. The van der Waals surface area contributed by atoms with E-state index in [0.717, 1.165) is 5.56 Å². The number of aliphatic carboxylic acids is 1. The van der Waals surface area contributed by atoms with Crippen LogP contribution in [0.4, 0.5) is 4.39 Å². The maximum absolute atomic E-state index is 12.7. The second-order valence-electron chi connectivity index (χ2n) is 4.67. The van der Waals surface area contributed by atoms with E-state index in [0.29, 0.717) is 0 Å². The Kier molecular flexibility index (Phi) is 5.90. The van der Waals surface area contributed by atoms with Crippen molar-refractivity contribution in [2.75, 3.05) is 6.54 Å². The molecule has 0 atom stereocenters. The predicted molar refractivity (Wildman–Crippen MR) is 74.5 cm³/mol. The topological polar surface area (TPSA) is 57.6 Å². The molecule has 0 radical (unpaired) electrons. The van der Waals surface area contributed by atoms with Crippen LogP contribution < -0.4 is 0 Å². The Bertz CT molecular complexity index is 494. The average molecular weight is 279 g/mol. The Balaban J connectivity index is 2.60. The van der Waals surface area contributed by atoms with Crippen molar-refractivity contribution in [2.24, 2.45) is 0 Å². The molecular weight excluding hydrogens is 261 g/mol. The lowest BCUT2D eigenvalue weighted by atomic mass is 10.2. The number of carboxylic acid groups (broad SMARTS) is 1. The Labute approximate surface area is 117 Å². The van der Waals surface area contributed by atoms with Crippen molar-refractivity contribution in [1.29, 1.82) is 0 Å². The molecule has 0 heterocycles. The quantitative estimate of drug-likeness (QED) is 0.870. The lowest BCUT2D eigenvalue weighted by molar-refractivity contribution is -0.145. The van der Waals surface area contributed by atoms with E-state index in [1.165, 1.54) is 17.0 Å². The maximum atomic E-state index is 12.7. The van der Waals surface area contributed by atoms with Gasteiger partial charge < -0.3 is 10.0 Å². The van der Waals surface area contributed by atoms with Crippen molar-refractivity contribution in [3.63, 3.8) is 0 Å². The molecule has 1 aromatic carbocycles. The lowest BCUT2D eigenvalue weighted by Gasteiger charge is -2.24. The molecule has 0 aliphatic carbocycles. The number of hydrogen-bond acceptors (Lipinski definition) is 2. The van der Waals surface area contributed by atoms with Crippen molar-refractivity contribution in [2.45, 2.75) is 26.3 Å². The number of amides is 1. The van der Waals surface area contributed by atoms with Crippen molar-refractivity contribution in [1.82, 2.24) is 4.90 Å². The van der Waals surface area contributed by atoms with Crippen molar-refractivity contribution >= 4 is 18.0 Å². The number of carbonyl (C=O) groups excluding carboxylic acids is 1. The average Bonchev–Trinajstić information content (AvgIpc) is 2.37. The Hall–Kier alpha value is -2.17. The highest BCUT2D eigenvalue weighted by Gasteiger charge is 2.18. The van der Waals surface area contributed by atoms with E-state index in [-0.39, 0.29) is 30.7 Å². The zero-order valence-electron chi connectivity index (χ0n) is 11.5. The molecule has 0 saturated carbocycles. The van der Waals surface area contributed by atoms with E-state index in [1.54, 1.807) is 38.1 Å². The fourth-order valence-corrected chi connectivity index (χ4v) is 1.69. The fourth-order valence-electron chi connectivity index (χ4n) is 1.69. The van der Waals surface area contributed by atoms with Crippen LogP contribution in [0.15, 0.2) is 30.3 Å². The molecule has 0 fully saturated rings. The highest BCUT2D eigenvalue weighted by Crippen LogP contribution is 2.07. The van der Waals surface area contributed by atoms with Crippen LogP contribution in [0.25, 0.3) is 6.08 Å². The van der Waals surface area contributed by atoms with E-state index < -0.39 is 5.97 Å². The summed E-state index contributed by atoms with van der Waals surface area (Å²) in [5.74, 6) is -1.60. The summed E-state index contributed by atoms with van der Waals surface area (Å²) < 4.78 is 12.7. The molecule has 20 heavy (non-hydrogen) atoms. The van der Waals surface area contributed by atoms with Crippen molar-refractivity contribution in [3.8, 4) is 0 Å². The first-order chi connectivity index (χ1) is 9.40. The van der Waals surface area contributed by atoms with Crippen LogP contribution in [0.2, 0.25) is 0 Å². The van der Waals surface area contributed by atoms with Gasteiger partial charge in [-0.3, -0.25) is 9.59 Å². The summed E-state index contributed by atoms with van der Waals surface area (Å²) >= 11 is 0. The summed E-state index contributed by atoms with van der Waals surface area (Å²) in [4.78, 5) is 23.9. The van der Waals surface area contributed by atoms with E-state index in [1.807, 2.05) is 0 Å². The van der Waals surface area contributed by atoms with Gasteiger partial charge in [0.25, 0.3) is 0 Å². The molecule has 0 aromatic heterocycles. The van der Waals surface area contributed by atoms with Crippen LogP contribution >= 0.6 is 0 Å². The summed E-state index contributed by atoms with van der Waals surface area (Å²) in [5, 5.41) is 8.76. The molecule has 4 nitrogen and oxygen atoms in total. The van der Waals surface area contributed by atoms with Crippen LogP contribution in [-0.4, -0.2) is 34.5 Å². The van der Waals surface area contributed by atoms with Gasteiger partial charge in [-0.2, -0.15) is 0 Å². The first kappa shape index (κ1) is 15.9. The standard InChI is InChI=1S/C15H18FNO3/c1-11(2)17(10-15(19)20)14(18)5-3-4-12-6-8-13(16)9-7-12/h3-4,6-9,11H,5,10H2,1-2H3,(H,19,20)/b4-3+. The molecule has 1 aromatic rings. The molecule has 1 N–H and O–H groups in total. The largest absolute Gasteiger partial charge is 0.480 e. The van der Waals surface area contributed by atoms with Gasteiger partial charge >= 0.3 is 5.97 Å². The van der Waals surface area contributed by atoms with Crippen LogP contribution in [0.1, 0.15) is 25.8 Å². The normalized spacial score (nSPS) is 11.0. The molecule has 108 valence electrons. The second kappa shape index (κ2) is 7.43. The molecule has 5 heteroatoms. The Morgan fingerprint density at radius 1 is 1.30 bits per heavy atom. The van der Waals surface area contributed by atoms with Gasteiger partial charge in [-0.25, -0.2) is 4.39 Å². The van der Waals surface area contributed by atoms with Gasteiger partial charge in [-0.15, -0.1) is 0 Å². The molecule has 0 bridgehead atoms. The zero-order valence-corrected chi connectivity index (χ0v) is 11.5. The number of nitrogens with zero attached hydrogens (tertiary/aromatic N) is 1. The first-order valence-electron chi connectivity index (χ1n) is 6.33. The van der Waals surface area contributed by atoms with E-state index in [9.17, 15) is 14.0 Å². The minimum Gasteiger partial charge on any atom is -0.480 e. The van der Waals surface area contributed by atoms with Crippen LogP contribution in [0.5, 0.6) is 0 Å². The molecule has 0 unspecified atom stereocenters. The molecular formula is C15H18FNO3. The minimum absolute atomic E-state index is 0.114. The Morgan fingerprint density at radius 3 is 2.40 bits per heavy atom. The van der Waals surface area contributed by atoms with Gasteiger partial charge in [-0.05, 0) is 31.5 Å². The van der Waals surface area contributed by atoms with Gasteiger partial charge in [0.2, 0.25) is 5.91 Å². The zero-order chi connectivity index (χ0) is 15.1. The summed E-state index contributed by atoms with van der Waals surface area (Å²) in [6, 6.07) is 5.72. The molecule has 0 aliphatic heterocycles. The van der Waals surface area contributed by atoms with E-state index >= 15 is 0 Å². The smallest absolute Gasteiger partial charge is 0.323 e. The van der Waals surface area contributed by atoms with Gasteiger partial charge in [0, 0.05) is 12.5 Å². The van der Waals surface area contributed by atoms with E-state index in [4.69, 9.17) is 5.11 Å². The number of halogens is 1. The third-order valence-corrected chi connectivity index (χ3v) is 2.72. The fraction of sp³-hybridized carbons (Fsp3) is 0.333. The summed E-state index contributed by atoms with van der Waals surface area (Å²) in [6.07, 6.45) is 3.46. The van der Waals surface area contributed by atoms with Gasteiger partial charge in [0.1, 0.15) is 12.4 Å². The first-order valence-corrected chi connectivity index (χ1v) is 6.33. The minimum atomic E-state index is -1.03. The van der Waals surface area contributed by atoms with E-state index in [2.05, 4.69) is 0 Å². The monoisotopic (exact) mass is 279 g/mol. The summed E-state index contributed by atoms with van der Waals surface area (Å²) in [6.45, 7) is 3.23. The number of carboxylic acids is 1. The number of rotatable bonds is 6. The molecule has 0 spiro atoms. The number of benzene rings is 1. The SMILES string of the molecule is CC(C)N(CC(=O)O)C(=O)C/C=C/c1ccc(F)cc1. The van der Waals surface area contributed by atoms with Crippen molar-refractivity contribution < 1.29 is 19.1 Å². The third kappa shape index (κ3) is 5.22. The second-order valence-corrected chi connectivity index (χ2v) is 4.67. The summed E-state index contributed by atoms with van der Waals surface area (Å²) in [7, 11) is 0. The third-order valence-electron chi connectivity index (χ3n) is 2.72. The summed E-state index contributed by atoms with van der Waals surface area (Å²) in [5.41, 5.74) is 0.786. The predicted octanol–water partition coefficient (Wildman–Crippen LogP) is 2.55. The molecule has 0 aliphatic rings. The van der Waals surface area contributed by atoms with Gasteiger partial charge in [0.05, 0.1) is 0 Å². The molecule has 1 rings (SSSR count). The maximum Gasteiger partial charge on any atom is 0.323 e. The highest BCUT2D eigenvalue weighted by atomic mass is 19.1. The highest BCUT2D eigenvalue weighted by molar-refractivity contribution is 5.83.